The first kappa shape index (κ1) is 13.1. The number of amides is 1. The van der Waals surface area contributed by atoms with Gasteiger partial charge in [0.2, 0.25) is 5.89 Å². The Bertz CT molecular complexity index is 565. The molecule has 19 heavy (non-hydrogen) atoms. The van der Waals surface area contributed by atoms with Crippen LogP contribution in [0.2, 0.25) is 0 Å². The number of para-hydroxylation sites is 1. The normalized spacial score (nSPS) is 10.2. The Kier molecular flexibility index (Phi) is 4.12. The predicted molar refractivity (Wildman–Crippen MR) is 70.8 cm³/mol. The number of aryl methyl sites for hydroxylation is 1. The predicted octanol–water partition coefficient (Wildman–Crippen LogP) is 1.74. The second-order valence-corrected chi connectivity index (χ2v) is 3.99. The van der Waals surface area contributed by atoms with Crippen molar-refractivity contribution in [3.8, 4) is 0 Å². The summed E-state index contributed by atoms with van der Waals surface area (Å²) in [6, 6.07) is 7.35. The van der Waals surface area contributed by atoms with E-state index in [0.29, 0.717) is 17.3 Å². The van der Waals surface area contributed by atoms with Crippen LogP contribution < -0.4 is 10.6 Å². The van der Waals surface area contributed by atoms with Gasteiger partial charge in [-0.15, -0.1) is 0 Å². The smallest absolute Gasteiger partial charge is 0.253 e. The van der Waals surface area contributed by atoms with E-state index in [1.54, 1.807) is 13.0 Å². The maximum atomic E-state index is 12.1. The summed E-state index contributed by atoms with van der Waals surface area (Å²) in [6.45, 7) is 4.69. The molecule has 0 radical (unpaired) electrons. The summed E-state index contributed by atoms with van der Waals surface area (Å²) < 4.78 is 4.94. The molecule has 0 spiro atoms. The molecule has 0 aliphatic heterocycles. The lowest BCUT2D eigenvalue weighted by atomic mass is 10.1. The number of anilines is 1. The Balaban J connectivity index is 2.03. The molecule has 6 nitrogen and oxygen atoms in total. The van der Waals surface area contributed by atoms with Gasteiger partial charge in [-0.3, -0.25) is 4.79 Å². The standard InChI is InChI=1S/C13H16N4O2/c1-3-14-11-7-5-4-6-10(11)13(18)15-8-12-16-9(2)17-19-12/h4-7,14H,3,8H2,1-2H3,(H,15,18). The van der Waals surface area contributed by atoms with Crippen LogP contribution in [0.25, 0.3) is 0 Å². The van der Waals surface area contributed by atoms with Crippen LogP contribution in [0.1, 0.15) is 29.0 Å². The maximum Gasteiger partial charge on any atom is 0.253 e. The van der Waals surface area contributed by atoms with E-state index in [1.807, 2.05) is 25.1 Å². The van der Waals surface area contributed by atoms with E-state index in [-0.39, 0.29) is 12.5 Å². The maximum absolute atomic E-state index is 12.1. The lowest BCUT2D eigenvalue weighted by Crippen LogP contribution is -2.24. The molecule has 0 aliphatic rings. The van der Waals surface area contributed by atoms with Crippen LogP contribution in [0.4, 0.5) is 5.69 Å². The Hall–Kier alpha value is -2.37. The monoisotopic (exact) mass is 260 g/mol. The Morgan fingerprint density at radius 1 is 1.37 bits per heavy atom. The van der Waals surface area contributed by atoms with Gasteiger partial charge in [-0.05, 0) is 26.0 Å². The SMILES string of the molecule is CCNc1ccccc1C(=O)NCc1nc(C)no1. The molecule has 100 valence electrons. The number of hydrogen-bond donors (Lipinski definition) is 2. The minimum absolute atomic E-state index is 0.174. The van der Waals surface area contributed by atoms with Crippen LogP contribution in [0.3, 0.4) is 0 Å². The molecule has 0 fully saturated rings. The molecule has 1 amide bonds. The minimum Gasteiger partial charge on any atom is -0.385 e. The van der Waals surface area contributed by atoms with Crippen LogP contribution >= 0.6 is 0 Å². The molecule has 0 unspecified atom stereocenters. The van der Waals surface area contributed by atoms with E-state index in [1.165, 1.54) is 0 Å². The largest absolute Gasteiger partial charge is 0.385 e. The molecule has 0 aliphatic carbocycles. The third-order valence-corrected chi connectivity index (χ3v) is 2.51. The highest BCUT2D eigenvalue weighted by Gasteiger charge is 2.11. The molecule has 0 saturated heterocycles. The molecule has 0 atom stereocenters. The fraction of sp³-hybridized carbons (Fsp3) is 0.308. The first-order valence-corrected chi connectivity index (χ1v) is 6.11. The number of benzene rings is 1. The Morgan fingerprint density at radius 2 is 2.16 bits per heavy atom. The van der Waals surface area contributed by atoms with Crippen molar-refractivity contribution in [1.82, 2.24) is 15.5 Å². The number of nitrogens with one attached hydrogen (secondary N) is 2. The highest BCUT2D eigenvalue weighted by atomic mass is 16.5. The highest BCUT2D eigenvalue weighted by molar-refractivity contribution is 5.99. The van der Waals surface area contributed by atoms with Gasteiger partial charge in [0.05, 0.1) is 12.1 Å². The van der Waals surface area contributed by atoms with Crippen molar-refractivity contribution in [2.75, 3.05) is 11.9 Å². The van der Waals surface area contributed by atoms with E-state index in [0.717, 1.165) is 12.2 Å². The molecule has 6 heteroatoms. The molecule has 2 rings (SSSR count). The highest BCUT2D eigenvalue weighted by Crippen LogP contribution is 2.14. The molecule has 1 aromatic carbocycles. The van der Waals surface area contributed by atoms with E-state index in [9.17, 15) is 4.79 Å². The summed E-state index contributed by atoms with van der Waals surface area (Å²) in [6.07, 6.45) is 0. The van der Waals surface area contributed by atoms with Crippen molar-refractivity contribution >= 4 is 11.6 Å². The van der Waals surface area contributed by atoms with Gasteiger partial charge in [-0.25, -0.2) is 0 Å². The number of carbonyl (C=O) groups is 1. The summed E-state index contributed by atoms with van der Waals surface area (Å²) in [5.74, 6) is 0.775. The van der Waals surface area contributed by atoms with E-state index < -0.39 is 0 Å². The first-order valence-electron chi connectivity index (χ1n) is 6.11. The van der Waals surface area contributed by atoms with Crippen molar-refractivity contribution in [3.63, 3.8) is 0 Å². The summed E-state index contributed by atoms with van der Waals surface area (Å²) in [4.78, 5) is 16.1. The zero-order valence-corrected chi connectivity index (χ0v) is 10.9. The Labute approximate surface area is 111 Å². The molecule has 1 aromatic heterocycles. The summed E-state index contributed by atoms with van der Waals surface area (Å²) in [5, 5.41) is 9.56. The van der Waals surface area contributed by atoms with Gasteiger partial charge in [-0.2, -0.15) is 4.98 Å². The van der Waals surface area contributed by atoms with Gasteiger partial charge in [-0.1, -0.05) is 17.3 Å². The zero-order valence-electron chi connectivity index (χ0n) is 10.9. The molecular weight excluding hydrogens is 244 g/mol. The lowest BCUT2D eigenvalue weighted by molar-refractivity contribution is 0.0947. The molecular formula is C13H16N4O2. The molecule has 2 aromatic rings. The van der Waals surface area contributed by atoms with Crippen molar-refractivity contribution in [2.24, 2.45) is 0 Å². The number of carbonyl (C=O) groups excluding carboxylic acids is 1. The van der Waals surface area contributed by atoms with Gasteiger partial charge >= 0.3 is 0 Å². The van der Waals surface area contributed by atoms with Gasteiger partial charge in [0.1, 0.15) is 0 Å². The van der Waals surface area contributed by atoms with Crippen molar-refractivity contribution in [1.29, 1.82) is 0 Å². The second kappa shape index (κ2) is 5.99. The molecule has 1 heterocycles. The summed E-state index contributed by atoms with van der Waals surface area (Å²) in [5.41, 5.74) is 1.41. The fourth-order valence-corrected chi connectivity index (χ4v) is 1.69. The van der Waals surface area contributed by atoms with Gasteiger partial charge in [0.15, 0.2) is 5.82 Å². The lowest BCUT2D eigenvalue weighted by Gasteiger charge is -2.09. The van der Waals surface area contributed by atoms with Gasteiger partial charge in [0.25, 0.3) is 5.91 Å². The van der Waals surface area contributed by atoms with E-state index in [4.69, 9.17) is 4.52 Å². The van der Waals surface area contributed by atoms with Crippen molar-refractivity contribution in [3.05, 3.63) is 41.5 Å². The number of nitrogens with zero attached hydrogens (tertiary/aromatic N) is 2. The number of rotatable bonds is 5. The third-order valence-electron chi connectivity index (χ3n) is 2.51. The van der Waals surface area contributed by atoms with Crippen LogP contribution in [0.15, 0.2) is 28.8 Å². The van der Waals surface area contributed by atoms with E-state index in [2.05, 4.69) is 20.8 Å². The summed E-state index contributed by atoms with van der Waals surface area (Å²) >= 11 is 0. The molecule has 0 saturated carbocycles. The second-order valence-electron chi connectivity index (χ2n) is 3.99. The third kappa shape index (κ3) is 3.31. The topological polar surface area (TPSA) is 80.0 Å². The van der Waals surface area contributed by atoms with Crippen LogP contribution in [0, 0.1) is 6.92 Å². The quantitative estimate of drug-likeness (QED) is 0.856. The van der Waals surface area contributed by atoms with Crippen LogP contribution in [-0.4, -0.2) is 22.6 Å². The van der Waals surface area contributed by atoms with E-state index >= 15 is 0 Å². The minimum atomic E-state index is -0.174. The number of hydrogen-bond acceptors (Lipinski definition) is 5. The van der Waals surface area contributed by atoms with Crippen LogP contribution in [-0.2, 0) is 6.54 Å². The molecule has 2 N–H and O–H groups in total. The average molecular weight is 260 g/mol. The van der Waals surface area contributed by atoms with Gasteiger partial charge in [0, 0.05) is 12.2 Å². The zero-order chi connectivity index (χ0) is 13.7. The summed E-state index contributed by atoms with van der Waals surface area (Å²) in [7, 11) is 0. The van der Waals surface area contributed by atoms with Crippen molar-refractivity contribution in [2.45, 2.75) is 20.4 Å². The molecule has 0 bridgehead atoms. The number of aromatic nitrogens is 2. The average Bonchev–Trinajstić information content (AvgIpc) is 2.83. The van der Waals surface area contributed by atoms with Crippen molar-refractivity contribution < 1.29 is 9.32 Å². The Morgan fingerprint density at radius 3 is 2.84 bits per heavy atom. The first-order chi connectivity index (χ1) is 9.20. The van der Waals surface area contributed by atoms with Crippen LogP contribution in [0.5, 0.6) is 0 Å². The fourth-order valence-electron chi connectivity index (χ4n) is 1.69. The van der Waals surface area contributed by atoms with Gasteiger partial charge < -0.3 is 15.2 Å².